The number of nitrogens with zero attached hydrogens (tertiary/aromatic N) is 1. The lowest BCUT2D eigenvalue weighted by molar-refractivity contribution is -0.385. The number of carbonyl (C=O) groups is 2. The predicted octanol–water partition coefficient (Wildman–Crippen LogP) is 1.62. The third-order valence-electron chi connectivity index (χ3n) is 1.98. The van der Waals surface area contributed by atoms with E-state index in [1.54, 1.807) is 0 Å². The van der Waals surface area contributed by atoms with Crippen LogP contribution in [0.3, 0.4) is 0 Å². The Kier molecular flexibility index (Phi) is 5.47. The highest BCUT2D eigenvalue weighted by atomic mass is 32.4. The molecule has 0 bridgehead atoms. The Balaban J connectivity index is 3.08. The normalized spacial score (nSPS) is 9.95. The van der Waals surface area contributed by atoms with E-state index >= 15 is 0 Å². The topological polar surface area (TPSA) is 98.5 Å². The minimum absolute atomic E-state index is 0.0984. The maximum absolute atomic E-state index is 11.6. The fourth-order valence-corrected chi connectivity index (χ4v) is 1.65. The molecule has 1 amide bonds. The third-order valence-corrected chi connectivity index (χ3v) is 2.65. The summed E-state index contributed by atoms with van der Waals surface area (Å²) in [5.41, 5.74) is -0.347. The number of nitro groups is 1. The maximum atomic E-state index is 11.6. The van der Waals surface area contributed by atoms with Crippen LogP contribution in [-0.2, 0) is 16.6 Å². The summed E-state index contributed by atoms with van der Waals surface area (Å²) in [5, 5.41) is 13.3. The van der Waals surface area contributed by atoms with Crippen LogP contribution in [0.2, 0.25) is 0 Å². The summed E-state index contributed by atoms with van der Waals surface area (Å²) in [6.45, 7) is 1.13. The Labute approximate surface area is 114 Å². The SMILES string of the molecule is CC(=O)Oc1ccc(C(=O)NCP=S)cc1[N+](=O)[O-]. The first-order valence-corrected chi connectivity index (χ1v) is 7.09. The molecule has 19 heavy (non-hydrogen) atoms. The fraction of sp³-hybridized carbons (Fsp3) is 0.200. The van der Waals surface area contributed by atoms with Gasteiger partial charge in [-0.15, -0.1) is 0 Å². The first kappa shape index (κ1) is 15.1. The van der Waals surface area contributed by atoms with E-state index in [0.29, 0.717) is 7.36 Å². The van der Waals surface area contributed by atoms with E-state index in [9.17, 15) is 19.7 Å². The van der Waals surface area contributed by atoms with Gasteiger partial charge in [-0.3, -0.25) is 19.7 Å². The van der Waals surface area contributed by atoms with E-state index in [2.05, 4.69) is 17.1 Å². The molecule has 1 rings (SSSR count). The van der Waals surface area contributed by atoms with Crippen molar-refractivity contribution in [2.75, 3.05) is 6.29 Å². The summed E-state index contributed by atoms with van der Waals surface area (Å²) in [6, 6.07) is 3.59. The third kappa shape index (κ3) is 4.35. The molecule has 0 aliphatic heterocycles. The molecule has 1 aromatic rings. The number of nitrogens with one attached hydrogen (secondary N) is 1. The van der Waals surface area contributed by atoms with Gasteiger partial charge in [-0.05, 0) is 19.5 Å². The Morgan fingerprint density at radius 1 is 1.53 bits per heavy atom. The van der Waals surface area contributed by atoms with Gasteiger partial charge in [-0.1, -0.05) is 11.8 Å². The first-order chi connectivity index (χ1) is 8.95. The van der Waals surface area contributed by atoms with E-state index in [0.717, 1.165) is 13.0 Å². The van der Waals surface area contributed by atoms with Crippen molar-refractivity contribution in [3.63, 3.8) is 0 Å². The number of nitro benzene ring substituents is 1. The summed E-state index contributed by atoms with van der Waals surface area (Å²) in [5.74, 6) is -1.35. The molecule has 0 aromatic heterocycles. The van der Waals surface area contributed by atoms with Crippen molar-refractivity contribution in [2.45, 2.75) is 6.92 Å². The zero-order chi connectivity index (χ0) is 14.4. The van der Waals surface area contributed by atoms with Gasteiger partial charge < -0.3 is 10.1 Å². The monoisotopic (exact) mass is 300 g/mol. The van der Waals surface area contributed by atoms with Gasteiger partial charge in [0.1, 0.15) is 0 Å². The van der Waals surface area contributed by atoms with Crippen molar-refractivity contribution in [3.8, 4) is 5.75 Å². The quantitative estimate of drug-likeness (QED) is 0.292. The van der Waals surface area contributed by atoms with E-state index < -0.39 is 22.5 Å². The van der Waals surface area contributed by atoms with Crippen molar-refractivity contribution in [1.29, 1.82) is 0 Å². The van der Waals surface area contributed by atoms with Gasteiger partial charge in [0, 0.05) is 18.6 Å². The van der Waals surface area contributed by atoms with Crippen LogP contribution in [0.4, 0.5) is 5.69 Å². The van der Waals surface area contributed by atoms with E-state index in [4.69, 9.17) is 4.74 Å². The van der Waals surface area contributed by atoms with Gasteiger partial charge >= 0.3 is 11.7 Å². The average Bonchev–Trinajstić information content (AvgIpc) is 2.35. The molecule has 0 fully saturated rings. The van der Waals surface area contributed by atoms with Crippen LogP contribution in [0.25, 0.3) is 0 Å². The molecular weight excluding hydrogens is 291 g/mol. The summed E-state index contributed by atoms with van der Waals surface area (Å²) < 4.78 is 4.69. The van der Waals surface area contributed by atoms with Gasteiger partial charge in [-0.2, -0.15) is 0 Å². The molecule has 0 aliphatic carbocycles. The molecule has 1 N–H and O–H groups in total. The standard InChI is InChI=1S/C10H9N2O5PS/c1-6(13)17-9-3-2-7(4-8(9)12(15)16)10(14)11-5-18-19/h2-4H,5H2,1H3,(H,11,14). The number of hydrogen-bond donors (Lipinski definition) is 1. The van der Waals surface area contributed by atoms with Crippen LogP contribution in [0.5, 0.6) is 5.75 Å². The van der Waals surface area contributed by atoms with Crippen molar-refractivity contribution >= 4 is 36.7 Å². The molecule has 0 saturated carbocycles. The van der Waals surface area contributed by atoms with Crippen molar-refractivity contribution in [2.24, 2.45) is 0 Å². The van der Waals surface area contributed by atoms with Crippen LogP contribution >= 0.6 is 7.36 Å². The van der Waals surface area contributed by atoms with E-state index in [1.165, 1.54) is 12.1 Å². The van der Waals surface area contributed by atoms with Crippen LogP contribution in [-0.4, -0.2) is 23.1 Å². The summed E-state index contributed by atoms with van der Waals surface area (Å²) >= 11 is 4.65. The highest BCUT2D eigenvalue weighted by molar-refractivity contribution is 7.96. The number of esters is 1. The molecule has 0 atom stereocenters. The molecule has 0 spiro atoms. The zero-order valence-electron chi connectivity index (χ0n) is 9.78. The Hall–Kier alpha value is -1.92. The Morgan fingerprint density at radius 2 is 2.21 bits per heavy atom. The van der Waals surface area contributed by atoms with Crippen LogP contribution < -0.4 is 10.1 Å². The second-order valence-corrected chi connectivity index (χ2v) is 4.68. The smallest absolute Gasteiger partial charge is 0.312 e. The zero-order valence-corrected chi connectivity index (χ0v) is 11.5. The number of benzene rings is 1. The number of amides is 1. The first-order valence-electron chi connectivity index (χ1n) is 5.00. The van der Waals surface area contributed by atoms with Crippen molar-refractivity contribution in [1.82, 2.24) is 5.32 Å². The summed E-state index contributed by atoms with van der Waals surface area (Å²) in [4.78, 5) is 32.6. The highest BCUT2D eigenvalue weighted by Gasteiger charge is 2.19. The van der Waals surface area contributed by atoms with Crippen LogP contribution in [0.1, 0.15) is 17.3 Å². The van der Waals surface area contributed by atoms with E-state index in [-0.39, 0.29) is 17.6 Å². The van der Waals surface area contributed by atoms with Gasteiger partial charge in [-0.25, -0.2) is 0 Å². The minimum atomic E-state index is -0.722. The molecule has 1 aromatic carbocycles. The van der Waals surface area contributed by atoms with Crippen LogP contribution in [0, 0.1) is 10.1 Å². The van der Waals surface area contributed by atoms with Crippen molar-refractivity contribution < 1.29 is 19.2 Å². The molecule has 100 valence electrons. The molecule has 0 saturated heterocycles. The second-order valence-electron chi connectivity index (χ2n) is 3.33. The van der Waals surface area contributed by atoms with E-state index in [1.807, 2.05) is 0 Å². The number of rotatable bonds is 5. The van der Waals surface area contributed by atoms with Gasteiger partial charge in [0.15, 0.2) is 0 Å². The lowest BCUT2D eigenvalue weighted by atomic mass is 10.2. The Morgan fingerprint density at radius 3 is 2.74 bits per heavy atom. The minimum Gasteiger partial charge on any atom is -0.419 e. The molecule has 0 heterocycles. The maximum Gasteiger partial charge on any atom is 0.312 e. The van der Waals surface area contributed by atoms with Gasteiger partial charge in [0.2, 0.25) is 5.75 Å². The lowest BCUT2D eigenvalue weighted by Gasteiger charge is -2.05. The number of hydrogen-bond acceptors (Lipinski definition) is 6. The molecule has 0 unspecified atom stereocenters. The molecule has 7 nitrogen and oxygen atoms in total. The Bertz CT molecular complexity index is 549. The number of ether oxygens (including phenoxy) is 1. The number of carbonyl (C=O) groups excluding carboxylic acids is 2. The molecular formula is C10H9N2O5PS. The average molecular weight is 300 g/mol. The predicted molar refractivity (Wildman–Crippen MR) is 71.0 cm³/mol. The lowest BCUT2D eigenvalue weighted by Crippen LogP contribution is -2.21. The molecule has 0 radical (unpaired) electrons. The summed E-state index contributed by atoms with van der Waals surface area (Å²) in [6.07, 6.45) is 0.271. The molecule has 0 aliphatic rings. The molecule has 9 heteroatoms. The second kappa shape index (κ2) is 6.86. The fourth-order valence-electron chi connectivity index (χ4n) is 1.25. The highest BCUT2D eigenvalue weighted by Crippen LogP contribution is 2.28. The van der Waals surface area contributed by atoms with Crippen molar-refractivity contribution in [3.05, 3.63) is 33.9 Å². The summed E-state index contributed by atoms with van der Waals surface area (Å²) in [7, 11) is 0.563. The van der Waals surface area contributed by atoms with Crippen LogP contribution in [0.15, 0.2) is 18.2 Å². The van der Waals surface area contributed by atoms with Gasteiger partial charge in [0.25, 0.3) is 5.91 Å². The van der Waals surface area contributed by atoms with Gasteiger partial charge in [0.05, 0.1) is 11.2 Å². The largest absolute Gasteiger partial charge is 0.419 e.